The van der Waals surface area contributed by atoms with Crippen LogP contribution >= 0.6 is 0 Å². The van der Waals surface area contributed by atoms with Gasteiger partial charge in [-0.1, -0.05) is 42.0 Å². The van der Waals surface area contributed by atoms with E-state index in [1.54, 1.807) is 11.8 Å². The highest BCUT2D eigenvalue weighted by Gasteiger charge is 2.04. The summed E-state index contributed by atoms with van der Waals surface area (Å²) < 4.78 is 0. The van der Waals surface area contributed by atoms with Gasteiger partial charge in [-0.3, -0.25) is 0 Å². The van der Waals surface area contributed by atoms with Crippen molar-refractivity contribution in [3.05, 3.63) is 59.8 Å². The van der Waals surface area contributed by atoms with E-state index in [9.17, 15) is 0 Å². The third-order valence-corrected chi connectivity index (χ3v) is 4.33. The second-order valence-electron chi connectivity index (χ2n) is 6.21. The molecule has 3 rings (SSSR count). The quantitative estimate of drug-likeness (QED) is 0.706. The smallest absolute Gasteiger partial charge is 0.224 e. The highest BCUT2D eigenvalue weighted by molar-refractivity contribution is 5.39. The van der Waals surface area contributed by atoms with Gasteiger partial charge in [0, 0.05) is 19.3 Å². The summed E-state index contributed by atoms with van der Waals surface area (Å²) in [7, 11) is 0. The monoisotopic (exact) mass is 322 g/mol. The average Bonchev–Trinajstić information content (AvgIpc) is 2.64. The van der Waals surface area contributed by atoms with E-state index >= 15 is 0 Å². The molecule has 0 atom stereocenters. The zero-order valence-corrected chi connectivity index (χ0v) is 14.2. The second kappa shape index (κ2) is 9.06. The lowest BCUT2D eigenvalue weighted by atomic mass is 9.97. The normalized spacial score (nSPS) is 14.1. The molecule has 0 fully saturated rings. The van der Waals surface area contributed by atoms with E-state index in [-0.39, 0.29) is 0 Å². The van der Waals surface area contributed by atoms with Crippen LogP contribution in [0, 0.1) is 0 Å². The predicted molar refractivity (Wildman–Crippen MR) is 100 cm³/mol. The summed E-state index contributed by atoms with van der Waals surface area (Å²) in [5, 5.41) is 6.71. The molecular formula is C20H26N4. The molecule has 1 aromatic heterocycles. The van der Waals surface area contributed by atoms with Gasteiger partial charge in [0.05, 0.1) is 0 Å². The molecule has 0 spiro atoms. The van der Waals surface area contributed by atoms with Crippen molar-refractivity contribution in [1.29, 1.82) is 0 Å². The first-order valence-corrected chi connectivity index (χ1v) is 8.93. The molecular weight excluding hydrogens is 296 g/mol. The van der Waals surface area contributed by atoms with Gasteiger partial charge in [-0.05, 0) is 50.2 Å². The van der Waals surface area contributed by atoms with Crippen LogP contribution in [0.25, 0.3) is 0 Å². The van der Waals surface area contributed by atoms with Gasteiger partial charge >= 0.3 is 0 Å². The summed E-state index contributed by atoms with van der Waals surface area (Å²) in [5.41, 5.74) is 2.91. The minimum absolute atomic E-state index is 0.705. The molecule has 0 bridgehead atoms. The van der Waals surface area contributed by atoms with Gasteiger partial charge in [-0.25, -0.2) is 4.98 Å². The van der Waals surface area contributed by atoms with Crippen molar-refractivity contribution < 1.29 is 0 Å². The van der Waals surface area contributed by atoms with Gasteiger partial charge in [-0.15, -0.1) is 0 Å². The molecule has 0 saturated carbocycles. The van der Waals surface area contributed by atoms with E-state index in [0.29, 0.717) is 5.95 Å². The Balaban J connectivity index is 1.42. The number of nitrogens with one attached hydrogen (secondary N) is 2. The highest BCUT2D eigenvalue weighted by atomic mass is 15.1. The summed E-state index contributed by atoms with van der Waals surface area (Å²) in [6.45, 7) is 1.77. The Hall–Kier alpha value is -2.36. The third-order valence-electron chi connectivity index (χ3n) is 4.33. The molecule has 24 heavy (non-hydrogen) atoms. The fourth-order valence-corrected chi connectivity index (χ4v) is 2.99. The Morgan fingerprint density at radius 2 is 1.79 bits per heavy atom. The maximum Gasteiger partial charge on any atom is 0.224 e. The van der Waals surface area contributed by atoms with Gasteiger partial charge < -0.3 is 10.6 Å². The Bertz CT molecular complexity index is 652. The Labute approximate surface area is 144 Å². The van der Waals surface area contributed by atoms with Crippen LogP contribution in [0.15, 0.2) is 54.2 Å². The second-order valence-corrected chi connectivity index (χ2v) is 6.21. The van der Waals surface area contributed by atoms with E-state index < -0.39 is 0 Å². The number of hydrogen-bond acceptors (Lipinski definition) is 4. The minimum atomic E-state index is 0.705. The van der Waals surface area contributed by atoms with E-state index in [1.807, 2.05) is 12.1 Å². The molecule has 126 valence electrons. The van der Waals surface area contributed by atoms with Crippen LogP contribution in [-0.4, -0.2) is 23.1 Å². The van der Waals surface area contributed by atoms with Crippen LogP contribution in [0.1, 0.15) is 37.7 Å². The molecule has 1 aliphatic rings. The van der Waals surface area contributed by atoms with Crippen molar-refractivity contribution in [3.8, 4) is 0 Å². The molecule has 4 nitrogen and oxygen atoms in total. The number of anilines is 2. The SMILES string of the molecule is C1=C(CCNc2nccc(NCCc3ccccc3)n2)CCCC1. The maximum absolute atomic E-state index is 4.53. The van der Waals surface area contributed by atoms with Crippen molar-refractivity contribution in [2.45, 2.75) is 38.5 Å². The topological polar surface area (TPSA) is 49.8 Å². The van der Waals surface area contributed by atoms with Crippen molar-refractivity contribution in [2.75, 3.05) is 23.7 Å². The number of benzene rings is 1. The summed E-state index contributed by atoms with van der Waals surface area (Å²) in [6, 6.07) is 12.4. The molecule has 2 N–H and O–H groups in total. The van der Waals surface area contributed by atoms with Gasteiger partial charge in [0.1, 0.15) is 5.82 Å². The molecule has 0 amide bonds. The van der Waals surface area contributed by atoms with Gasteiger partial charge in [0.25, 0.3) is 0 Å². The number of nitrogens with zero attached hydrogens (tertiary/aromatic N) is 2. The molecule has 0 radical (unpaired) electrons. The van der Waals surface area contributed by atoms with Crippen molar-refractivity contribution in [1.82, 2.24) is 9.97 Å². The Kier molecular flexibility index (Phi) is 6.23. The number of hydrogen-bond donors (Lipinski definition) is 2. The molecule has 0 saturated heterocycles. The summed E-state index contributed by atoms with van der Waals surface area (Å²) in [5.74, 6) is 1.58. The number of rotatable bonds is 8. The van der Waals surface area contributed by atoms with Crippen LogP contribution in [0.3, 0.4) is 0 Å². The van der Waals surface area contributed by atoms with Gasteiger partial charge in [-0.2, -0.15) is 4.98 Å². The predicted octanol–water partition coefficient (Wildman–Crippen LogP) is 4.43. The fraction of sp³-hybridized carbons (Fsp3) is 0.400. The van der Waals surface area contributed by atoms with E-state index in [0.717, 1.165) is 31.7 Å². The van der Waals surface area contributed by atoms with Crippen LogP contribution in [-0.2, 0) is 6.42 Å². The lowest BCUT2D eigenvalue weighted by molar-refractivity contribution is 0.679. The third kappa shape index (κ3) is 5.37. The zero-order chi connectivity index (χ0) is 16.5. The summed E-state index contributed by atoms with van der Waals surface area (Å²) in [4.78, 5) is 8.84. The summed E-state index contributed by atoms with van der Waals surface area (Å²) >= 11 is 0. The zero-order valence-electron chi connectivity index (χ0n) is 14.2. The average molecular weight is 322 g/mol. The molecule has 2 aromatic rings. The Morgan fingerprint density at radius 3 is 2.62 bits per heavy atom. The molecule has 1 aliphatic carbocycles. The first-order valence-electron chi connectivity index (χ1n) is 8.93. The maximum atomic E-state index is 4.53. The number of aromatic nitrogens is 2. The molecule has 1 heterocycles. The molecule has 0 unspecified atom stereocenters. The molecule has 0 aliphatic heterocycles. The van der Waals surface area contributed by atoms with Crippen molar-refractivity contribution >= 4 is 11.8 Å². The van der Waals surface area contributed by atoms with Gasteiger partial charge in [0.15, 0.2) is 0 Å². The highest BCUT2D eigenvalue weighted by Crippen LogP contribution is 2.19. The van der Waals surface area contributed by atoms with E-state index in [2.05, 4.69) is 50.9 Å². The lowest BCUT2D eigenvalue weighted by Crippen LogP contribution is -2.10. The van der Waals surface area contributed by atoms with E-state index in [4.69, 9.17) is 0 Å². The van der Waals surface area contributed by atoms with Crippen LogP contribution in [0.5, 0.6) is 0 Å². The van der Waals surface area contributed by atoms with Crippen molar-refractivity contribution in [2.24, 2.45) is 0 Å². The Morgan fingerprint density at radius 1 is 0.917 bits per heavy atom. The molecule has 4 heteroatoms. The van der Waals surface area contributed by atoms with Crippen LogP contribution < -0.4 is 10.6 Å². The summed E-state index contributed by atoms with van der Waals surface area (Å²) in [6.07, 6.45) is 11.5. The number of allylic oxidation sites excluding steroid dienone is 1. The lowest BCUT2D eigenvalue weighted by Gasteiger charge is -2.13. The first-order chi connectivity index (χ1) is 11.9. The standard InChI is InChI=1S/C20H26N4/c1-3-7-17(8-4-1)11-14-21-19-13-16-23-20(24-19)22-15-12-18-9-5-2-6-10-18/h1,3-4,7-9,13,16H,2,5-6,10-12,14-15H2,(H2,21,22,23,24). The first kappa shape index (κ1) is 16.5. The fourth-order valence-electron chi connectivity index (χ4n) is 2.99. The van der Waals surface area contributed by atoms with Gasteiger partial charge in [0.2, 0.25) is 5.95 Å². The van der Waals surface area contributed by atoms with Crippen LogP contribution in [0.2, 0.25) is 0 Å². The van der Waals surface area contributed by atoms with Crippen molar-refractivity contribution in [3.63, 3.8) is 0 Å². The van der Waals surface area contributed by atoms with E-state index in [1.165, 1.54) is 31.2 Å². The minimum Gasteiger partial charge on any atom is -0.370 e. The van der Waals surface area contributed by atoms with Crippen LogP contribution in [0.4, 0.5) is 11.8 Å². The largest absolute Gasteiger partial charge is 0.370 e. The molecule has 1 aromatic carbocycles.